The normalized spacial score (nSPS) is 13.8. The van der Waals surface area contributed by atoms with Crippen LogP contribution in [0.25, 0.3) is 0 Å². The number of hydrogen-bond acceptors (Lipinski definition) is 6. The largest absolute Gasteiger partial charge is 0.337 e. The summed E-state index contributed by atoms with van der Waals surface area (Å²) in [6.45, 7) is 8.79. The molecule has 0 aliphatic heterocycles. The molecule has 0 aliphatic rings. The van der Waals surface area contributed by atoms with Crippen LogP contribution < -0.4 is 5.09 Å². The van der Waals surface area contributed by atoms with Crippen LogP contribution in [0.4, 0.5) is 0 Å². The second-order valence-corrected chi connectivity index (χ2v) is 5.14. The van der Waals surface area contributed by atoms with Gasteiger partial charge in [0, 0.05) is 20.8 Å². The Balaban J connectivity index is 6.13. The van der Waals surface area contributed by atoms with Crippen LogP contribution in [0.3, 0.4) is 0 Å². The zero-order valence-corrected chi connectivity index (χ0v) is 15.5. The second kappa shape index (κ2) is 8.59. The van der Waals surface area contributed by atoms with Crippen molar-refractivity contribution in [2.45, 2.75) is 32.5 Å². The molecule has 0 saturated heterocycles. The summed E-state index contributed by atoms with van der Waals surface area (Å²) in [5.74, 6) is -1.59. The van der Waals surface area contributed by atoms with E-state index in [0.717, 1.165) is 19.6 Å². The minimum absolute atomic E-state index is 0.643. The number of hydrogen-bond donors (Lipinski definition) is 1. The molecule has 0 bridgehead atoms. The molecule has 0 aromatic rings. The fourth-order valence-corrected chi connectivity index (χ4v) is 3.32. The van der Waals surface area contributed by atoms with Gasteiger partial charge >= 0.3 is 0 Å². The highest BCUT2D eigenvalue weighted by molar-refractivity contribution is 7.13. The average Bonchev–Trinajstić information content (AvgIpc) is 2.50. The van der Waals surface area contributed by atoms with E-state index in [2.05, 4.69) is 64.0 Å². The highest BCUT2D eigenvalue weighted by Crippen LogP contribution is 2.35. The van der Waals surface area contributed by atoms with Crippen LogP contribution in [-0.4, -0.2) is 81.4 Å². The topological polar surface area (TPSA) is 40.2 Å². The van der Waals surface area contributed by atoms with E-state index in [4.69, 9.17) is 9.47 Å². The average molecular weight is 308 g/mol. The lowest BCUT2D eigenvalue weighted by Crippen LogP contribution is -2.81. The maximum absolute atomic E-state index is 5.89. The van der Waals surface area contributed by atoms with Crippen molar-refractivity contribution in [2.75, 3.05) is 55.0 Å². The molecule has 0 saturated carbocycles. The summed E-state index contributed by atoms with van der Waals surface area (Å²) in [4.78, 5) is 6.42. The lowest BCUT2D eigenvalue weighted by Gasteiger charge is -2.58. The molecule has 0 radical (unpaired) electrons. The molecule has 0 fully saturated rings. The highest BCUT2D eigenvalue weighted by Gasteiger charge is 2.59. The van der Waals surface area contributed by atoms with Gasteiger partial charge in [0.25, 0.3) is 5.91 Å². The Morgan fingerprint density at radius 3 is 1.40 bits per heavy atom. The highest BCUT2D eigenvalue weighted by atomic mass is 31.0. The summed E-state index contributed by atoms with van der Waals surface area (Å²) in [6.07, 6.45) is 0. The van der Waals surface area contributed by atoms with Crippen LogP contribution in [0.1, 0.15) is 20.8 Å². The fraction of sp³-hybridized carbons (Fsp3) is 1.00. The molecule has 1 unspecified atom stereocenters. The van der Waals surface area contributed by atoms with E-state index in [0.29, 0.717) is 0 Å². The zero-order valence-electron chi connectivity index (χ0n) is 14.4. The van der Waals surface area contributed by atoms with E-state index in [1.165, 1.54) is 0 Å². The Morgan fingerprint density at radius 2 is 1.20 bits per heavy atom. The maximum Gasteiger partial charge on any atom is 0.278 e. The van der Waals surface area contributed by atoms with Gasteiger partial charge < -0.3 is 9.47 Å². The van der Waals surface area contributed by atoms with E-state index in [1.54, 1.807) is 14.2 Å². The Hall–Kier alpha value is 0.190. The lowest BCUT2D eigenvalue weighted by molar-refractivity contribution is -0.378. The summed E-state index contributed by atoms with van der Waals surface area (Å²) in [5, 5.41) is 3.35. The third-order valence-corrected chi connectivity index (χ3v) is 4.63. The predicted octanol–water partition coefficient (Wildman–Crippen LogP) is 0.822. The van der Waals surface area contributed by atoms with Gasteiger partial charge in [-0.3, -0.25) is 19.8 Å². The Kier molecular flexibility index (Phi) is 8.67. The molecule has 0 amide bonds. The van der Waals surface area contributed by atoms with Gasteiger partial charge in [0.15, 0.2) is 0 Å². The van der Waals surface area contributed by atoms with E-state index in [-0.39, 0.29) is 0 Å². The minimum atomic E-state index is -0.945. The molecule has 20 heavy (non-hydrogen) atoms. The Labute approximate surface area is 127 Å². The molecule has 0 spiro atoms. The summed E-state index contributed by atoms with van der Waals surface area (Å²) >= 11 is 0. The Morgan fingerprint density at radius 1 is 0.850 bits per heavy atom. The van der Waals surface area contributed by atoms with Gasteiger partial charge in [-0.15, -0.1) is 0 Å². The standard InChI is InChI=1S/C13H33N4O2P/c1-9-15(4)12(14-20,16(5)10-2)13(18-7,19-8)17(6)11-3/h14H,9-11,20H2,1-8H3. The molecule has 122 valence electrons. The van der Waals surface area contributed by atoms with Crippen LogP contribution in [-0.2, 0) is 9.47 Å². The number of ether oxygens (including phenoxy) is 2. The molecule has 0 aromatic heterocycles. The van der Waals surface area contributed by atoms with Gasteiger partial charge in [0.2, 0.25) is 5.79 Å². The lowest BCUT2D eigenvalue weighted by atomic mass is 10.1. The van der Waals surface area contributed by atoms with Gasteiger partial charge in [-0.1, -0.05) is 30.2 Å². The van der Waals surface area contributed by atoms with Crippen LogP contribution in [0, 0.1) is 0 Å². The van der Waals surface area contributed by atoms with Gasteiger partial charge in [0.05, 0.1) is 0 Å². The van der Waals surface area contributed by atoms with E-state index >= 15 is 0 Å². The third-order valence-electron chi connectivity index (χ3n) is 4.23. The number of nitrogens with one attached hydrogen (secondary N) is 1. The van der Waals surface area contributed by atoms with Crippen LogP contribution >= 0.6 is 9.39 Å². The first-order valence-electron chi connectivity index (χ1n) is 7.10. The molecule has 7 heteroatoms. The molecular weight excluding hydrogens is 275 g/mol. The van der Waals surface area contributed by atoms with Crippen molar-refractivity contribution in [3.05, 3.63) is 0 Å². The number of nitrogens with zero attached hydrogens (tertiary/aromatic N) is 3. The quantitative estimate of drug-likeness (QED) is 0.476. The smallest absolute Gasteiger partial charge is 0.278 e. The first-order valence-corrected chi connectivity index (χ1v) is 7.67. The molecule has 0 rings (SSSR count). The summed E-state index contributed by atoms with van der Waals surface area (Å²) < 4.78 is 11.8. The van der Waals surface area contributed by atoms with Gasteiger partial charge in [-0.2, -0.15) is 0 Å². The van der Waals surface area contributed by atoms with Crippen LogP contribution in [0.15, 0.2) is 0 Å². The maximum atomic E-state index is 5.89. The molecule has 6 nitrogen and oxygen atoms in total. The summed E-state index contributed by atoms with van der Waals surface area (Å²) in [6, 6.07) is 0. The van der Waals surface area contributed by atoms with Gasteiger partial charge in [-0.25, -0.2) is 0 Å². The van der Waals surface area contributed by atoms with Crippen LogP contribution in [0.2, 0.25) is 0 Å². The molecule has 0 aliphatic carbocycles. The van der Waals surface area contributed by atoms with Crippen molar-refractivity contribution in [3.8, 4) is 0 Å². The summed E-state index contributed by atoms with van der Waals surface area (Å²) in [5.41, 5.74) is 0. The van der Waals surface area contributed by atoms with Crippen LogP contribution in [0.5, 0.6) is 0 Å². The van der Waals surface area contributed by atoms with Gasteiger partial charge in [-0.05, 0) is 34.2 Å². The second-order valence-electron chi connectivity index (χ2n) is 4.85. The molecular formula is C13H33N4O2P. The molecule has 0 aromatic carbocycles. The first kappa shape index (κ1) is 20.2. The monoisotopic (exact) mass is 308 g/mol. The van der Waals surface area contributed by atoms with E-state index < -0.39 is 11.7 Å². The van der Waals surface area contributed by atoms with E-state index in [1.807, 2.05) is 7.05 Å². The molecule has 0 heterocycles. The molecule has 1 N–H and O–H groups in total. The third kappa shape index (κ3) is 3.02. The van der Waals surface area contributed by atoms with Crippen molar-refractivity contribution >= 4 is 9.39 Å². The first-order chi connectivity index (χ1) is 9.38. The number of rotatable bonds is 10. The van der Waals surface area contributed by atoms with Gasteiger partial charge in [0.1, 0.15) is 0 Å². The zero-order chi connectivity index (χ0) is 16.0. The Bertz CT molecular complexity index is 267. The van der Waals surface area contributed by atoms with Crippen molar-refractivity contribution < 1.29 is 9.47 Å². The van der Waals surface area contributed by atoms with Crippen molar-refractivity contribution in [3.63, 3.8) is 0 Å². The van der Waals surface area contributed by atoms with Crippen molar-refractivity contribution in [2.24, 2.45) is 0 Å². The fourth-order valence-electron chi connectivity index (χ4n) is 2.70. The molecule has 1 atom stereocenters. The van der Waals surface area contributed by atoms with E-state index in [9.17, 15) is 0 Å². The minimum Gasteiger partial charge on any atom is -0.337 e. The SMILES string of the molecule is CCN(C)C(OC)(OC)C(NP)(N(C)CC)N(C)CC. The number of methoxy groups -OCH3 is 2. The van der Waals surface area contributed by atoms with Crippen molar-refractivity contribution in [1.82, 2.24) is 19.8 Å². The van der Waals surface area contributed by atoms with Crippen molar-refractivity contribution in [1.29, 1.82) is 0 Å². The summed E-state index contributed by atoms with van der Waals surface area (Å²) in [7, 11) is 12.1. The predicted molar refractivity (Wildman–Crippen MR) is 87.2 cm³/mol. The number of likely N-dealkylation sites (N-methyl/N-ethyl adjacent to an activating group) is 3.